The number of carbonyl (C=O) groups is 1. The molecule has 3 aromatic carbocycles. The highest BCUT2D eigenvalue weighted by molar-refractivity contribution is 7.90. The normalized spacial score (nSPS) is 23.3. The van der Waals surface area contributed by atoms with Crippen molar-refractivity contribution < 1.29 is 31.8 Å². The van der Waals surface area contributed by atoms with Crippen LogP contribution in [0.2, 0.25) is 0 Å². The minimum atomic E-state index is -4.68. The number of pyridine rings is 1. The predicted molar refractivity (Wildman–Crippen MR) is 269 cm³/mol. The molecular formula is C53H63F2N8O6S-. The standard InChI is InChI=1S/C53H63F2N8O6S/c1-32(2)35-8-5-6-9-36(35)37-10-7-11-43(37)63-30-53(31-63)19-22-62(23-20-53)34-12-13-39(45(24-34)69-46-25-40-42(54)29-58-50(40)59-49(46)55)51(64)60-70(67,68)47-26-44(61(4)66)48(41-28-56-21-16-38(41)47)57-27-33-14-17-52(3,65)18-15-33/h5-6,8-9,12-13,16,24-26,28-29,32-33,37,43,56-57,65H,7,10-11,14-15,17-23,27,30-31H2,1-4H3,(H,58,59)(H,60,64)/q-1/t33?,37-,43-,52?/m0/s1. The number of hydroxylamine groups is 1. The Kier molecular flexibility index (Phi) is 12.9. The summed E-state index contributed by atoms with van der Waals surface area (Å²) in [5, 5.41) is 31.5. The molecule has 5 aliphatic rings. The van der Waals surface area contributed by atoms with E-state index in [1.165, 1.54) is 49.6 Å². The number of halogens is 2. The van der Waals surface area contributed by atoms with Gasteiger partial charge in [-0.3, -0.25) is 9.69 Å². The molecule has 4 fully saturated rings. The summed E-state index contributed by atoms with van der Waals surface area (Å²) < 4.78 is 67.5. The van der Waals surface area contributed by atoms with Gasteiger partial charge in [0.25, 0.3) is 21.9 Å². The molecular weight excluding hydrogens is 915 g/mol. The zero-order chi connectivity index (χ0) is 49.1. The van der Waals surface area contributed by atoms with Crippen molar-refractivity contribution in [1.82, 2.24) is 24.9 Å². The third-order valence-corrected chi connectivity index (χ3v) is 17.2. The first-order valence-corrected chi connectivity index (χ1v) is 26.2. The van der Waals surface area contributed by atoms with Gasteiger partial charge in [-0.1, -0.05) is 50.6 Å². The summed E-state index contributed by atoms with van der Waals surface area (Å²) >= 11 is 0. The number of carbonyl (C=O) groups excluding carboxylic acids is 1. The van der Waals surface area contributed by atoms with Crippen molar-refractivity contribution in [2.75, 3.05) is 61.6 Å². The number of hydrogen-bond acceptors (Lipinski definition) is 12. The van der Waals surface area contributed by atoms with Crippen LogP contribution in [-0.2, 0) is 10.0 Å². The van der Waals surface area contributed by atoms with Crippen molar-refractivity contribution in [3.63, 3.8) is 0 Å². The van der Waals surface area contributed by atoms with Gasteiger partial charge in [-0.05, 0) is 124 Å². The molecule has 5 N–H and O–H groups in total. The number of fused-ring (bicyclic) bond motifs is 2. The second-order valence-corrected chi connectivity index (χ2v) is 22.6. The van der Waals surface area contributed by atoms with Gasteiger partial charge in [-0.2, -0.15) is 9.37 Å². The molecule has 1 spiro atoms. The molecule has 5 aromatic rings. The lowest BCUT2D eigenvalue weighted by molar-refractivity contribution is -0.0493. The lowest BCUT2D eigenvalue weighted by Gasteiger charge is -2.57. The first-order valence-electron chi connectivity index (χ1n) is 24.8. The van der Waals surface area contributed by atoms with Gasteiger partial charge in [0.1, 0.15) is 17.2 Å². The number of nitrogens with zero attached hydrogens (tertiary/aromatic N) is 4. The average Bonchev–Trinajstić information content (AvgIpc) is 3.96. The fourth-order valence-corrected chi connectivity index (χ4v) is 13.1. The highest BCUT2D eigenvalue weighted by Crippen LogP contribution is 2.49. The van der Waals surface area contributed by atoms with Crippen LogP contribution >= 0.6 is 0 Å². The van der Waals surface area contributed by atoms with Gasteiger partial charge in [0.2, 0.25) is 0 Å². The van der Waals surface area contributed by atoms with E-state index in [2.05, 4.69) is 73.2 Å². The van der Waals surface area contributed by atoms with Crippen molar-refractivity contribution in [1.29, 1.82) is 0 Å². The van der Waals surface area contributed by atoms with Crippen LogP contribution in [-0.4, -0.2) is 92.3 Å². The van der Waals surface area contributed by atoms with Crippen LogP contribution in [0.4, 0.5) is 25.8 Å². The largest absolute Gasteiger partial charge is 0.758 e. The van der Waals surface area contributed by atoms with Crippen LogP contribution in [0.3, 0.4) is 0 Å². The zero-order valence-electron chi connectivity index (χ0n) is 40.3. The third kappa shape index (κ3) is 9.33. The summed E-state index contributed by atoms with van der Waals surface area (Å²) in [5.41, 5.74) is 3.38. The van der Waals surface area contributed by atoms with Gasteiger partial charge in [0, 0.05) is 79.9 Å². The molecule has 17 heteroatoms. The van der Waals surface area contributed by atoms with Crippen molar-refractivity contribution in [3.8, 4) is 11.5 Å². The van der Waals surface area contributed by atoms with Gasteiger partial charge in [-0.25, -0.2) is 17.5 Å². The van der Waals surface area contributed by atoms with E-state index in [-0.39, 0.29) is 44.3 Å². The van der Waals surface area contributed by atoms with Gasteiger partial charge in [-0.15, -0.1) is 0 Å². The molecule has 5 heterocycles. The Bertz CT molecular complexity index is 3040. The summed E-state index contributed by atoms with van der Waals surface area (Å²) in [6.07, 6.45) is 12.8. The van der Waals surface area contributed by atoms with E-state index in [1.807, 2.05) is 6.92 Å². The number of hydrogen-bond donors (Lipinski definition) is 5. The molecule has 372 valence electrons. The highest BCUT2D eigenvalue weighted by atomic mass is 32.2. The highest BCUT2D eigenvalue weighted by Gasteiger charge is 2.49. The Labute approximate surface area is 407 Å². The predicted octanol–water partition coefficient (Wildman–Crippen LogP) is 7.52. The molecule has 2 atom stereocenters. The van der Waals surface area contributed by atoms with E-state index < -0.39 is 39.0 Å². The number of benzene rings is 3. The van der Waals surface area contributed by atoms with E-state index in [0.717, 1.165) is 64.1 Å². The first-order chi connectivity index (χ1) is 33.5. The molecule has 2 aromatic heterocycles. The van der Waals surface area contributed by atoms with Crippen LogP contribution in [0.15, 0.2) is 65.7 Å². The molecule has 2 aliphatic carbocycles. The van der Waals surface area contributed by atoms with E-state index >= 15 is 4.39 Å². The molecule has 10 rings (SSSR count). The quantitative estimate of drug-likeness (QED) is 0.0580. The van der Waals surface area contributed by atoms with E-state index in [0.29, 0.717) is 70.7 Å². The number of nitrogens with one attached hydrogen (secondary N) is 4. The number of amides is 1. The third-order valence-electron chi connectivity index (χ3n) is 15.8. The SMILES string of the molecule is CC(C)c1ccccc1[C@@H]1CCC[C@@H]1N1CC2(CCN(c3ccc(C(=O)NS(=O)(=O)c4cc(N(C)[O-])c(NCC5CCC(C)(O)CC5)c5c4=CCNC=5)c(Oc4cc5c(F)c[nH]c5nc4F)c3)CC2)C1. The Morgan fingerprint density at radius 1 is 1.01 bits per heavy atom. The Morgan fingerprint density at radius 3 is 2.51 bits per heavy atom. The van der Waals surface area contributed by atoms with Crippen LogP contribution in [0.1, 0.15) is 112 Å². The summed E-state index contributed by atoms with van der Waals surface area (Å²) in [5.74, 6) is -2.16. The number of ether oxygens (including phenoxy) is 1. The van der Waals surface area contributed by atoms with Gasteiger partial charge >= 0.3 is 0 Å². The number of sulfonamides is 1. The maximum absolute atomic E-state index is 15.6. The average molecular weight is 978 g/mol. The molecule has 0 bridgehead atoms. The lowest BCUT2D eigenvalue weighted by atomic mass is 9.70. The number of aliphatic hydroxyl groups is 1. The Balaban J connectivity index is 0.898. The van der Waals surface area contributed by atoms with Crippen molar-refractivity contribution in [2.45, 2.75) is 107 Å². The number of piperidine rings is 1. The number of rotatable bonds is 13. The van der Waals surface area contributed by atoms with Crippen LogP contribution in [0.25, 0.3) is 23.3 Å². The second-order valence-electron chi connectivity index (χ2n) is 21.0. The molecule has 14 nitrogen and oxygen atoms in total. The number of H-pyrrole nitrogens is 1. The molecule has 2 saturated carbocycles. The van der Waals surface area contributed by atoms with Gasteiger partial charge in [0.15, 0.2) is 5.75 Å². The van der Waals surface area contributed by atoms with Crippen LogP contribution in [0.5, 0.6) is 11.5 Å². The van der Waals surface area contributed by atoms with Crippen LogP contribution < -0.4 is 40.5 Å². The van der Waals surface area contributed by atoms with E-state index in [9.17, 15) is 27.9 Å². The van der Waals surface area contributed by atoms with Crippen molar-refractivity contribution in [2.24, 2.45) is 11.3 Å². The summed E-state index contributed by atoms with van der Waals surface area (Å²) in [7, 11) is -3.41. The summed E-state index contributed by atoms with van der Waals surface area (Å²) in [6.45, 7) is 10.7. The fourth-order valence-electron chi connectivity index (χ4n) is 11.9. The molecule has 0 radical (unpaired) electrons. The van der Waals surface area contributed by atoms with Gasteiger partial charge in [0.05, 0.1) is 32.8 Å². The number of aromatic amines is 1. The van der Waals surface area contributed by atoms with E-state index in [4.69, 9.17) is 4.74 Å². The minimum Gasteiger partial charge on any atom is -0.758 e. The zero-order valence-corrected chi connectivity index (χ0v) is 41.1. The first kappa shape index (κ1) is 47.9. The molecule has 2 saturated heterocycles. The van der Waals surface area contributed by atoms with Crippen molar-refractivity contribution in [3.05, 3.63) is 105 Å². The molecule has 1 amide bonds. The minimum absolute atomic E-state index is 0.0265. The number of likely N-dealkylation sites (tertiary alicyclic amines) is 1. The summed E-state index contributed by atoms with van der Waals surface area (Å²) in [6, 6.07) is 16.7. The Hall–Kier alpha value is -5.75. The maximum atomic E-state index is 15.6. The smallest absolute Gasteiger partial charge is 0.268 e. The topological polar surface area (TPSA) is 178 Å². The fraction of sp³-hybridized carbons (Fsp3) is 0.472. The number of aromatic nitrogens is 2. The van der Waals surface area contributed by atoms with Crippen LogP contribution in [0, 0.1) is 28.3 Å². The Morgan fingerprint density at radius 2 is 1.77 bits per heavy atom. The van der Waals surface area contributed by atoms with Crippen molar-refractivity contribution >= 4 is 56.3 Å². The van der Waals surface area contributed by atoms with E-state index in [1.54, 1.807) is 24.4 Å². The molecule has 70 heavy (non-hydrogen) atoms. The molecule has 3 aliphatic heterocycles. The lowest BCUT2D eigenvalue weighted by Crippen LogP contribution is -2.63. The second kappa shape index (κ2) is 18.8. The molecule has 0 unspecified atom stereocenters. The monoisotopic (exact) mass is 977 g/mol. The number of anilines is 3. The maximum Gasteiger partial charge on any atom is 0.268 e. The summed E-state index contributed by atoms with van der Waals surface area (Å²) in [4.78, 5) is 25.4. The van der Waals surface area contributed by atoms with Gasteiger partial charge < -0.3 is 40.6 Å².